The quantitative estimate of drug-likeness (QED) is 0.485. The first kappa shape index (κ1) is 12.4. The average Bonchev–Trinajstić information content (AvgIpc) is 2.05. The fourth-order valence-electron chi connectivity index (χ4n) is 1.54. The van der Waals surface area contributed by atoms with Crippen LogP contribution in [0, 0.1) is 0 Å². The molecule has 1 nitrogen and oxygen atoms in total. The van der Waals surface area contributed by atoms with Crippen molar-refractivity contribution < 1.29 is 0 Å². The lowest BCUT2D eigenvalue weighted by Gasteiger charge is -2.31. The van der Waals surface area contributed by atoms with Gasteiger partial charge < -0.3 is 5.64 Å². The smallest absolute Gasteiger partial charge is 0.223 e. The lowest BCUT2D eigenvalue weighted by atomic mass is 9.39. The van der Waals surface area contributed by atoms with Crippen LogP contribution in [0.25, 0.3) is 0 Å². The average molecular weight is 187 g/mol. The summed E-state index contributed by atoms with van der Waals surface area (Å²) in [4.78, 5) is 0. The van der Waals surface area contributed by atoms with E-state index < -0.39 is 0 Å². The van der Waals surface area contributed by atoms with Crippen molar-refractivity contribution >= 4 is 19.5 Å². The number of thiol groups is 1. The van der Waals surface area contributed by atoms with Gasteiger partial charge in [-0.25, -0.2) is 0 Å². The molecule has 0 radical (unpaired) electrons. The largest absolute Gasteiger partial charge is 0.369 e. The van der Waals surface area contributed by atoms with Gasteiger partial charge in [-0.05, 0) is 17.5 Å². The Morgan fingerprint density at radius 3 is 2.33 bits per heavy atom. The van der Waals surface area contributed by atoms with E-state index in [4.69, 9.17) is 5.64 Å². The standard InChI is InChI=1S/C9H22BNS/c1-4-7-10(11)9(3,5-2)6-8-12/h12H,4-8,11H2,1-3H3. The Balaban J connectivity index is 4.08. The van der Waals surface area contributed by atoms with Crippen molar-refractivity contribution in [2.75, 3.05) is 5.75 Å². The number of rotatable bonds is 6. The molecule has 3 heteroatoms. The third kappa shape index (κ3) is 3.40. The highest BCUT2D eigenvalue weighted by Gasteiger charge is 2.31. The highest BCUT2D eigenvalue weighted by Crippen LogP contribution is 2.37. The molecule has 0 amide bonds. The maximum absolute atomic E-state index is 6.13. The Hall–Kier alpha value is 0.375. The van der Waals surface area contributed by atoms with E-state index in [9.17, 15) is 0 Å². The molecule has 1 atom stereocenters. The molecule has 0 aliphatic heterocycles. The van der Waals surface area contributed by atoms with Gasteiger partial charge in [0.15, 0.2) is 0 Å². The predicted molar refractivity (Wildman–Crippen MR) is 62.2 cm³/mol. The van der Waals surface area contributed by atoms with Crippen LogP contribution >= 0.6 is 12.6 Å². The molecule has 0 aliphatic carbocycles. The lowest BCUT2D eigenvalue weighted by molar-refractivity contribution is 0.552. The molecule has 0 heterocycles. The topological polar surface area (TPSA) is 26.0 Å². The first-order valence-corrected chi connectivity index (χ1v) is 5.60. The molecular weight excluding hydrogens is 165 g/mol. The lowest BCUT2D eigenvalue weighted by Crippen LogP contribution is -2.39. The van der Waals surface area contributed by atoms with Gasteiger partial charge in [0.05, 0.1) is 0 Å². The van der Waals surface area contributed by atoms with E-state index in [1.165, 1.54) is 6.42 Å². The second kappa shape index (κ2) is 5.93. The molecule has 0 aromatic carbocycles. The summed E-state index contributed by atoms with van der Waals surface area (Å²) in [6.45, 7) is 7.04. The highest BCUT2D eigenvalue weighted by molar-refractivity contribution is 7.80. The van der Waals surface area contributed by atoms with Crippen molar-refractivity contribution in [2.45, 2.75) is 51.7 Å². The summed E-state index contributed by atoms with van der Waals surface area (Å²) in [6, 6.07) is 0. The minimum Gasteiger partial charge on any atom is -0.369 e. The molecule has 0 rings (SSSR count). The molecule has 0 aromatic rings. The van der Waals surface area contributed by atoms with Gasteiger partial charge in [0.25, 0.3) is 0 Å². The highest BCUT2D eigenvalue weighted by atomic mass is 32.1. The summed E-state index contributed by atoms with van der Waals surface area (Å²) >= 11 is 4.28. The fourth-order valence-corrected chi connectivity index (χ4v) is 2.05. The fraction of sp³-hybridized carbons (Fsp3) is 1.00. The van der Waals surface area contributed by atoms with Crippen molar-refractivity contribution in [3.05, 3.63) is 0 Å². The Morgan fingerprint density at radius 2 is 2.00 bits per heavy atom. The van der Waals surface area contributed by atoms with E-state index in [0.29, 0.717) is 12.2 Å². The third-order valence-corrected chi connectivity index (χ3v) is 3.21. The van der Waals surface area contributed by atoms with Crippen molar-refractivity contribution in [1.82, 2.24) is 0 Å². The molecular formula is C9H22BNS. The molecule has 0 bridgehead atoms. The van der Waals surface area contributed by atoms with Crippen LogP contribution in [0.1, 0.15) is 40.0 Å². The zero-order valence-corrected chi connectivity index (χ0v) is 9.53. The Bertz CT molecular complexity index is 121. The van der Waals surface area contributed by atoms with Crippen LogP contribution in [-0.4, -0.2) is 12.6 Å². The molecule has 12 heavy (non-hydrogen) atoms. The zero-order chi connectivity index (χ0) is 9.61. The van der Waals surface area contributed by atoms with Crippen LogP contribution in [0.15, 0.2) is 0 Å². The molecule has 0 fully saturated rings. The third-order valence-electron chi connectivity index (χ3n) is 2.99. The van der Waals surface area contributed by atoms with Crippen LogP contribution in [-0.2, 0) is 0 Å². The summed E-state index contributed by atoms with van der Waals surface area (Å²) in [5.41, 5.74) is 6.13. The van der Waals surface area contributed by atoms with E-state index in [2.05, 4.69) is 33.4 Å². The van der Waals surface area contributed by atoms with Crippen LogP contribution in [0.5, 0.6) is 0 Å². The van der Waals surface area contributed by atoms with Crippen molar-refractivity contribution in [3.8, 4) is 0 Å². The van der Waals surface area contributed by atoms with E-state index in [1.807, 2.05) is 0 Å². The second-order valence-electron chi connectivity index (χ2n) is 3.88. The number of hydrogen-bond acceptors (Lipinski definition) is 2. The molecule has 2 N–H and O–H groups in total. The summed E-state index contributed by atoms with van der Waals surface area (Å²) in [5.74, 6) is 0.946. The van der Waals surface area contributed by atoms with Crippen LogP contribution in [0.4, 0.5) is 0 Å². The summed E-state index contributed by atoms with van der Waals surface area (Å²) in [6.07, 6.45) is 4.62. The van der Waals surface area contributed by atoms with Gasteiger partial charge >= 0.3 is 0 Å². The molecule has 0 aromatic heterocycles. The van der Waals surface area contributed by atoms with E-state index in [0.717, 1.165) is 24.9 Å². The molecule has 0 aliphatic rings. The SMILES string of the molecule is CCCB(N)C(C)(CC)CCS. The van der Waals surface area contributed by atoms with Gasteiger partial charge in [-0.2, -0.15) is 12.6 Å². The molecule has 1 unspecified atom stereocenters. The first-order valence-electron chi connectivity index (χ1n) is 4.97. The molecule has 0 spiro atoms. The summed E-state index contributed by atoms with van der Waals surface area (Å²) in [5, 5.41) is 0.303. The van der Waals surface area contributed by atoms with Gasteiger partial charge in [0, 0.05) is 0 Å². The van der Waals surface area contributed by atoms with Gasteiger partial charge in [0.1, 0.15) is 0 Å². The van der Waals surface area contributed by atoms with Gasteiger partial charge in [-0.1, -0.05) is 39.9 Å². The van der Waals surface area contributed by atoms with Gasteiger partial charge in [-0.15, -0.1) is 0 Å². The van der Waals surface area contributed by atoms with Crippen LogP contribution < -0.4 is 5.64 Å². The van der Waals surface area contributed by atoms with E-state index in [1.54, 1.807) is 0 Å². The Morgan fingerprint density at radius 1 is 1.42 bits per heavy atom. The Kier molecular flexibility index (Phi) is 6.11. The van der Waals surface area contributed by atoms with Crippen LogP contribution in [0.2, 0.25) is 11.6 Å². The van der Waals surface area contributed by atoms with Gasteiger partial charge in [-0.3, -0.25) is 0 Å². The monoisotopic (exact) mass is 187 g/mol. The normalized spacial score (nSPS) is 15.8. The molecule has 0 saturated heterocycles. The predicted octanol–water partition coefficient (Wildman–Crippen LogP) is 2.84. The summed E-state index contributed by atoms with van der Waals surface area (Å²) < 4.78 is 0. The first-order chi connectivity index (χ1) is 5.60. The minimum atomic E-state index is 0.303. The summed E-state index contributed by atoms with van der Waals surface area (Å²) in [7, 11) is 0. The zero-order valence-electron chi connectivity index (χ0n) is 8.64. The molecule has 72 valence electrons. The van der Waals surface area contributed by atoms with E-state index in [-0.39, 0.29) is 0 Å². The number of hydrogen-bond donors (Lipinski definition) is 2. The maximum Gasteiger partial charge on any atom is 0.223 e. The van der Waals surface area contributed by atoms with Crippen LogP contribution in [0.3, 0.4) is 0 Å². The van der Waals surface area contributed by atoms with Gasteiger partial charge in [0.2, 0.25) is 6.85 Å². The van der Waals surface area contributed by atoms with E-state index >= 15 is 0 Å². The number of nitrogens with two attached hydrogens (primary N) is 1. The second-order valence-corrected chi connectivity index (χ2v) is 4.32. The maximum atomic E-state index is 6.13. The minimum absolute atomic E-state index is 0.303. The van der Waals surface area contributed by atoms with Crippen molar-refractivity contribution in [2.24, 2.45) is 5.64 Å². The van der Waals surface area contributed by atoms with Crippen molar-refractivity contribution in [1.29, 1.82) is 0 Å². The molecule has 0 saturated carbocycles. The Labute approximate surface area is 83.0 Å². The van der Waals surface area contributed by atoms with Crippen molar-refractivity contribution in [3.63, 3.8) is 0 Å².